The molecular weight excluding hydrogens is 268 g/mol. The molecule has 0 radical (unpaired) electrons. The molecule has 0 spiro atoms. The average Bonchev–Trinajstić information content (AvgIpc) is 2.38. The highest BCUT2D eigenvalue weighted by molar-refractivity contribution is 6.32. The van der Waals surface area contributed by atoms with Crippen LogP contribution in [0.15, 0.2) is 43.0 Å². The number of hydrogen-bond acceptors (Lipinski definition) is 1. The van der Waals surface area contributed by atoms with Gasteiger partial charge < -0.3 is 5.11 Å². The Balaban J connectivity index is 2.00. The third kappa shape index (κ3) is 2.34. The lowest BCUT2D eigenvalue weighted by Gasteiger charge is -2.28. The SMILES string of the molecule is C=C1CC(c2ccc(O)cc2)Cc2cc(C)cc(Cl)c21. The predicted molar refractivity (Wildman–Crippen MR) is 84.4 cm³/mol. The number of aromatic hydroxyl groups is 1. The first-order chi connectivity index (χ1) is 9.54. The van der Waals surface area contributed by atoms with Crippen molar-refractivity contribution in [3.8, 4) is 5.75 Å². The summed E-state index contributed by atoms with van der Waals surface area (Å²) >= 11 is 6.36. The molecule has 0 aliphatic heterocycles. The molecule has 1 nitrogen and oxygen atoms in total. The van der Waals surface area contributed by atoms with Gasteiger partial charge in [-0.3, -0.25) is 0 Å². The van der Waals surface area contributed by atoms with E-state index in [1.807, 2.05) is 18.2 Å². The Hall–Kier alpha value is -1.73. The summed E-state index contributed by atoms with van der Waals surface area (Å²) in [6, 6.07) is 11.7. The van der Waals surface area contributed by atoms with Crippen molar-refractivity contribution in [2.24, 2.45) is 0 Å². The Morgan fingerprint density at radius 3 is 2.55 bits per heavy atom. The topological polar surface area (TPSA) is 20.2 Å². The molecule has 1 aliphatic carbocycles. The fourth-order valence-electron chi connectivity index (χ4n) is 3.09. The zero-order chi connectivity index (χ0) is 14.3. The van der Waals surface area contributed by atoms with Crippen molar-refractivity contribution in [3.05, 3.63) is 70.3 Å². The molecule has 0 aromatic heterocycles. The lowest BCUT2D eigenvalue weighted by atomic mass is 9.77. The van der Waals surface area contributed by atoms with Gasteiger partial charge >= 0.3 is 0 Å². The summed E-state index contributed by atoms with van der Waals surface area (Å²) in [5.41, 5.74) is 5.95. The van der Waals surface area contributed by atoms with Crippen LogP contribution in [0, 0.1) is 6.92 Å². The van der Waals surface area contributed by atoms with Crippen molar-refractivity contribution < 1.29 is 5.11 Å². The van der Waals surface area contributed by atoms with E-state index >= 15 is 0 Å². The Morgan fingerprint density at radius 1 is 1.15 bits per heavy atom. The molecule has 3 rings (SSSR count). The van der Waals surface area contributed by atoms with Crippen LogP contribution in [0.3, 0.4) is 0 Å². The minimum absolute atomic E-state index is 0.308. The van der Waals surface area contributed by atoms with Crippen molar-refractivity contribution in [2.75, 3.05) is 0 Å². The van der Waals surface area contributed by atoms with E-state index in [2.05, 4.69) is 19.6 Å². The van der Waals surface area contributed by atoms with Crippen molar-refractivity contribution in [3.63, 3.8) is 0 Å². The third-order valence-corrected chi connectivity index (χ3v) is 4.29. The molecule has 0 fully saturated rings. The highest BCUT2D eigenvalue weighted by Gasteiger charge is 2.24. The molecule has 2 aromatic carbocycles. The second kappa shape index (κ2) is 4.99. The number of hydrogen-bond donors (Lipinski definition) is 1. The molecular formula is C18H17ClO. The number of aryl methyl sites for hydroxylation is 1. The van der Waals surface area contributed by atoms with E-state index in [0.29, 0.717) is 11.7 Å². The van der Waals surface area contributed by atoms with Crippen molar-refractivity contribution >= 4 is 17.2 Å². The van der Waals surface area contributed by atoms with Crippen molar-refractivity contribution in [1.29, 1.82) is 0 Å². The van der Waals surface area contributed by atoms with Gasteiger partial charge in [0.05, 0.1) is 0 Å². The standard InChI is InChI=1S/C18H17ClO/c1-11-7-15-10-14(13-3-5-16(20)6-4-13)9-12(2)18(15)17(19)8-11/h3-8,14,20H,2,9-10H2,1H3. The quantitative estimate of drug-likeness (QED) is 0.773. The smallest absolute Gasteiger partial charge is 0.115 e. The number of phenols is 1. The molecule has 0 amide bonds. The van der Waals surface area contributed by atoms with E-state index in [1.165, 1.54) is 16.7 Å². The molecule has 0 saturated heterocycles. The molecule has 1 unspecified atom stereocenters. The van der Waals surface area contributed by atoms with Crippen LogP contribution in [-0.4, -0.2) is 5.11 Å². The average molecular weight is 285 g/mol. The van der Waals surface area contributed by atoms with Crippen LogP contribution in [0.1, 0.15) is 34.6 Å². The number of halogens is 1. The number of allylic oxidation sites excluding steroid dienone is 1. The number of phenolic OH excluding ortho intramolecular Hbond substituents is 1. The first kappa shape index (κ1) is 13.3. The molecule has 20 heavy (non-hydrogen) atoms. The van der Waals surface area contributed by atoms with E-state index in [9.17, 15) is 5.11 Å². The van der Waals surface area contributed by atoms with Crippen LogP contribution in [0.4, 0.5) is 0 Å². The summed E-state index contributed by atoms with van der Waals surface area (Å²) < 4.78 is 0. The molecule has 1 atom stereocenters. The molecule has 102 valence electrons. The lowest BCUT2D eigenvalue weighted by molar-refractivity contribution is 0.474. The summed E-state index contributed by atoms with van der Waals surface area (Å²) in [5.74, 6) is 0.719. The van der Waals surface area contributed by atoms with E-state index in [4.69, 9.17) is 11.6 Å². The Kier molecular flexibility index (Phi) is 3.31. The van der Waals surface area contributed by atoms with E-state index in [-0.39, 0.29) is 0 Å². The maximum atomic E-state index is 9.40. The monoisotopic (exact) mass is 284 g/mol. The van der Waals surface area contributed by atoms with Crippen LogP contribution in [-0.2, 0) is 6.42 Å². The molecule has 1 N–H and O–H groups in total. The van der Waals surface area contributed by atoms with Crippen LogP contribution < -0.4 is 0 Å². The predicted octanol–water partition coefficient (Wildman–Crippen LogP) is 5.10. The third-order valence-electron chi connectivity index (χ3n) is 3.99. The summed E-state index contributed by atoms with van der Waals surface area (Å²) in [7, 11) is 0. The minimum Gasteiger partial charge on any atom is -0.508 e. The summed E-state index contributed by atoms with van der Waals surface area (Å²) in [6.07, 6.45) is 1.89. The summed E-state index contributed by atoms with van der Waals surface area (Å²) in [6.45, 7) is 6.27. The number of fused-ring (bicyclic) bond motifs is 1. The van der Waals surface area contributed by atoms with Crippen molar-refractivity contribution in [2.45, 2.75) is 25.7 Å². The van der Waals surface area contributed by atoms with Gasteiger partial charge in [0.1, 0.15) is 5.75 Å². The minimum atomic E-state index is 0.308. The maximum Gasteiger partial charge on any atom is 0.115 e. The second-order valence-electron chi connectivity index (χ2n) is 5.58. The Morgan fingerprint density at radius 2 is 1.85 bits per heavy atom. The summed E-state index contributed by atoms with van der Waals surface area (Å²) in [5, 5.41) is 10.2. The van der Waals surface area contributed by atoms with E-state index in [1.54, 1.807) is 12.1 Å². The summed E-state index contributed by atoms with van der Waals surface area (Å²) in [4.78, 5) is 0. The number of rotatable bonds is 1. The zero-order valence-electron chi connectivity index (χ0n) is 11.5. The first-order valence-electron chi connectivity index (χ1n) is 6.80. The van der Waals surface area contributed by atoms with Crippen LogP contribution >= 0.6 is 11.6 Å². The Bertz CT molecular complexity index is 671. The first-order valence-corrected chi connectivity index (χ1v) is 7.18. The molecule has 0 saturated carbocycles. The molecule has 1 aliphatic rings. The van der Waals surface area contributed by atoms with Crippen LogP contribution in [0.5, 0.6) is 5.75 Å². The molecule has 0 heterocycles. The number of benzene rings is 2. The van der Waals surface area contributed by atoms with Crippen molar-refractivity contribution in [1.82, 2.24) is 0 Å². The molecule has 0 bridgehead atoms. The van der Waals surface area contributed by atoms with Gasteiger partial charge in [-0.15, -0.1) is 0 Å². The fraction of sp³-hybridized carbons (Fsp3) is 0.222. The molecule has 2 heteroatoms. The van der Waals surface area contributed by atoms with Crippen LogP contribution in [0.25, 0.3) is 5.57 Å². The molecule has 2 aromatic rings. The maximum absolute atomic E-state index is 9.40. The zero-order valence-corrected chi connectivity index (χ0v) is 12.2. The highest BCUT2D eigenvalue weighted by atomic mass is 35.5. The van der Waals surface area contributed by atoms with E-state index < -0.39 is 0 Å². The van der Waals surface area contributed by atoms with Gasteiger partial charge in [-0.1, -0.05) is 36.4 Å². The van der Waals surface area contributed by atoms with Gasteiger partial charge in [-0.25, -0.2) is 0 Å². The highest BCUT2D eigenvalue weighted by Crippen LogP contribution is 2.42. The van der Waals surface area contributed by atoms with Gasteiger partial charge in [-0.2, -0.15) is 0 Å². The van der Waals surface area contributed by atoms with Gasteiger partial charge in [0.25, 0.3) is 0 Å². The van der Waals surface area contributed by atoms with Gasteiger partial charge in [0.15, 0.2) is 0 Å². The van der Waals surface area contributed by atoms with Crippen LogP contribution in [0.2, 0.25) is 5.02 Å². The Labute approximate surface area is 124 Å². The largest absolute Gasteiger partial charge is 0.508 e. The fourth-order valence-corrected chi connectivity index (χ4v) is 3.52. The second-order valence-corrected chi connectivity index (χ2v) is 5.99. The normalized spacial score (nSPS) is 17.9. The van der Waals surface area contributed by atoms with Gasteiger partial charge in [0.2, 0.25) is 0 Å². The van der Waals surface area contributed by atoms with Gasteiger partial charge in [-0.05, 0) is 71.7 Å². The lowest BCUT2D eigenvalue weighted by Crippen LogP contribution is -2.12. The van der Waals surface area contributed by atoms with Gasteiger partial charge in [0, 0.05) is 5.02 Å². The van der Waals surface area contributed by atoms with E-state index in [0.717, 1.165) is 29.0 Å².